The second kappa shape index (κ2) is 38.9. The second-order valence-corrected chi connectivity index (χ2v) is 12.5. The fourth-order valence-electron chi connectivity index (χ4n) is 3.31. The standard InChI is InChI=1S/5C6H12O7.Tc/c5*7-1-2(8)3(9)4(10)5(11)6(12)13;/h5*2-5,7-11H,1H2,(H,12,13);/p-5/t5*2-,3-,4+,5-;/m11111./s1/i;;;;;1+1. The number of carbonyl (C=O) groups is 5. The Morgan fingerprint density at radius 2 is 0.333 bits per heavy atom. The summed E-state index contributed by atoms with van der Waals surface area (Å²) in [7, 11) is 0. The van der Waals surface area contributed by atoms with Crippen molar-refractivity contribution in [3.05, 3.63) is 0 Å². The number of hydrogen-bond acceptors (Lipinski definition) is 35. The fraction of sp³-hybridized carbons (Fsp3) is 0.833. The molecule has 0 aromatic heterocycles. The third-order valence-corrected chi connectivity index (χ3v) is 7.48. The van der Waals surface area contributed by atoms with Crippen LogP contribution in [0.3, 0.4) is 0 Å². The molecule has 0 aromatic carbocycles. The van der Waals surface area contributed by atoms with Gasteiger partial charge in [0.25, 0.3) is 0 Å². The Bertz CT molecular complexity index is 1080. The van der Waals surface area contributed by atoms with Crippen LogP contribution in [0.25, 0.3) is 0 Å². The van der Waals surface area contributed by atoms with Crippen molar-refractivity contribution in [2.45, 2.75) is 122 Å². The van der Waals surface area contributed by atoms with Crippen LogP contribution in [0.4, 0.5) is 0 Å². The van der Waals surface area contributed by atoms with Gasteiger partial charge in [-0.25, -0.2) is 0 Å². The fourth-order valence-corrected chi connectivity index (χ4v) is 3.31. The Morgan fingerprint density at radius 3 is 0.394 bits per heavy atom. The van der Waals surface area contributed by atoms with E-state index in [4.69, 9.17) is 128 Å². The molecule has 0 bridgehead atoms. The average Bonchev–Trinajstić information content (AvgIpc) is 3.28. The predicted octanol–water partition coefficient (Wildman–Crippen LogP) is -24.1. The van der Waals surface area contributed by atoms with Crippen LogP contribution in [0.5, 0.6) is 0 Å². The molecule has 0 saturated carbocycles. The molecule has 25 N–H and O–H groups in total. The van der Waals surface area contributed by atoms with Crippen LogP contribution in [0.15, 0.2) is 0 Å². The van der Waals surface area contributed by atoms with E-state index in [1.165, 1.54) is 0 Å². The van der Waals surface area contributed by atoms with Crippen molar-refractivity contribution in [2.75, 3.05) is 33.0 Å². The van der Waals surface area contributed by atoms with E-state index in [0.29, 0.717) is 0 Å². The maximum Gasteiger partial charge on any atom is 0.122 e. The Kier molecular flexibility index (Phi) is 43.9. The molecular weight excluding hydrogens is 1020 g/mol. The molecule has 0 aliphatic rings. The van der Waals surface area contributed by atoms with Crippen LogP contribution < -0.4 is 25.5 Å². The molecule has 0 unspecified atom stereocenters. The number of aliphatic hydroxyl groups is 25. The Labute approximate surface area is 381 Å². The van der Waals surface area contributed by atoms with Crippen LogP contribution in [-0.2, 0) is 44.1 Å². The number of carboxylic acids is 5. The van der Waals surface area contributed by atoms with Gasteiger partial charge in [0.1, 0.15) is 122 Å². The van der Waals surface area contributed by atoms with E-state index in [1.54, 1.807) is 0 Å². The largest absolute Gasteiger partial charge is 0.547 e. The smallest absolute Gasteiger partial charge is 0.122 e. The Morgan fingerprint density at radius 1 is 0.242 bits per heavy atom. The minimum Gasteiger partial charge on any atom is -0.547 e. The molecule has 0 aliphatic carbocycles. The third-order valence-electron chi connectivity index (χ3n) is 7.48. The van der Waals surface area contributed by atoms with Gasteiger partial charge in [-0.1, -0.05) is 0 Å². The summed E-state index contributed by atoms with van der Waals surface area (Å²) in [5, 5.41) is 267. The van der Waals surface area contributed by atoms with E-state index in [9.17, 15) is 49.5 Å². The SMILES string of the molecule is O=C([O-])[C@H](O)[C@@H](O)[C@H](O)[C@H](O)CO.O=C([O-])[C@H](O)[C@@H](O)[C@H](O)[C@H](O)CO.O=C([O-])[C@H](O)[C@@H](O)[C@H](O)[C@H](O)CO.O=C([O-])[C@H](O)[C@@H](O)[C@H](O)[C@H](O)CO.O=C([O-])[C@H](O)[C@@H](O)[C@H](O)[C@H](O)CO.[99Tc]. The van der Waals surface area contributed by atoms with Crippen LogP contribution in [-0.4, -0.2) is 313 Å². The van der Waals surface area contributed by atoms with E-state index in [2.05, 4.69) is 0 Å². The molecule has 0 amide bonds. The van der Waals surface area contributed by atoms with Crippen molar-refractivity contribution in [1.29, 1.82) is 0 Å². The Hall–Kier alpha value is -3.00. The first-order valence-corrected chi connectivity index (χ1v) is 17.3. The van der Waals surface area contributed by atoms with Gasteiger partial charge in [-0.05, 0) is 0 Å². The molecule has 35 nitrogen and oxygen atoms in total. The number of carboxylic acid groups (broad SMARTS) is 5. The molecular formula is C30H55O35Tc-5. The first kappa shape index (κ1) is 74.5. The topological polar surface area (TPSA) is 706 Å². The second-order valence-electron chi connectivity index (χ2n) is 12.5. The Balaban J connectivity index is -0.000000170. The number of rotatable bonds is 25. The van der Waals surface area contributed by atoms with Gasteiger partial charge in [0.05, 0.1) is 62.9 Å². The van der Waals surface area contributed by atoms with Gasteiger partial charge in [0.15, 0.2) is 0 Å². The van der Waals surface area contributed by atoms with Gasteiger partial charge < -0.3 is 177 Å². The summed E-state index contributed by atoms with van der Waals surface area (Å²) in [6.07, 6.45) is -40.4. The molecule has 397 valence electrons. The van der Waals surface area contributed by atoms with Crippen LogP contribution in [0, 0.1) is 0 Å². The van der Waals surface area contributed by atoms with E-state index in [1.807, 2.05) is 0 Å². The van der Waals surface area contributed by atoms with Crippen LogP contribution in [0.2, 0.25) is 0 Å². The first-order chi connectivity index (χ1) is 29.6. The molecule has 1 radical (unpaired) electrons. The van der Waals surface area contributed by atoms with E-state index in [-0.39, 0.29) is 20.1 Å². The zero-order valence-corrected chi connectivity index (χ0v) is 35.1. The van der Waals surface area contributed by atoms with E-state index >= 15 is 0 Å². The van der Waals surface area contributed by atoms with Crippen molar-refractivity contribution in [3.63, 3.8) is 0 Å². The predicted molar refractivity (Wildman–Crippen MR) is 181 cm³/mol. The maximum absolute atomic E-state index is 9.98. The van der Waals surface area contributed by atoms with Crippen molar-refractivity contribution in [2.24, 2.45) is 0 Å². The summed E-state index contributed by atoms with van der Waals surface area (Å²) in [6, 6.07) is 0. The maximum atomic E-state index is 9.98. The van der Waals surface area contributed by atoms with Gasteiger partial charge in [-0.2, -0.15) is 0 Å². The van der Waals surface area contributed by atoms with Crippen LogP contribution >= 0.6 is 0 Å². The number of carbonyl (C=O) groups excluding carboxylic acids is 5. The summed E-state index contributed by atoms with van der Waals surface area (Å²) >= 11 is 0. The number of aliphatic hydroxyl groups excluding tert-OH is 25. The molecule has 0 aliphatic heterocycles. The molecule has 20 atom stereocenters. The van der Waals surface area contributed by atoms with E-state index in [0.717, 1.165) is 0 Å². The van der Waals surface area contributed by atoms with Gasteiger partial charge in [0.2, 0.25) is 0 Å². The molecule has 0 rings (SSSR count). The molecule has 0 spiro atoms. The van der Waals surface area contributed by atoms with Crippen molar-refractivity contribution < 1.29 is 197 Å². The molecule has 36 heteroatoms. The minimum atomic E-state index is -2.31. The third kappa shape index (κ3) is 29.0. The molecule has 0 aromatic rings. The molecule has 0 saturated heterocycles. The van der Waals surface area contributed by atoms with Gasteiger partial charge in [-0.3, -0.25) is 0 Å². The summed E-state index contributed by atoms with van der Waals surface area (Å²) in [4.78, 5) is 49.9. The quantitative estimate of drug-likeness (QED) is 0.0404. The van der Waals surface area contributed by atoms with Crippen molar-refractivity contribution in [3.8, 4) is 0 Å². The van der Waals surface area contributed by atoms with Gasteiger partial charge in [0, 0.05) is 20.1 Å². The van der Waals surface area contributed by atoms with Gasteiger partial charge in [-0.15, -0.1) is 0 Å². The average molecular weight is 1070 g/mol. The zero-order chi connectivity index (χ0) is 53.0. The normalized spacial score (nSPS) is 20.1. The van der Waals surface area contributed by atoms with Gasteiger partial charge >= 0.3 is 0 Å². The number of hydrogen-bond donors (Lipinski definition) is 25. The summed E-state index contributed by atoms with van der Waals surface area (Å²) in [5.74, 6) is -9.88. The van der Waals surface area contributed by atoms with Crippen LogP contribution in [0.1, 0.15) is 0 Å². The molecule has 66 heavy (non-hydrogen) atoms. The number of aliphatic carboxylic acids is 5. The monoisotopic (exact) mass is 1070 g/mol. The molecule has 0 fully saturated rings. The summed E-state index contributed by atoms with van der Waals surface area (Å²) in [6.45, 7) is -4.32. The molecule has 0 heterocycles. The van der Waals surface area contributed by atoms with Crippen molar-refractivity contribution in [1.82, 2.24) is 0 Å². The first-order valence-electron chi connectivity index (χ1n) is 17.3. The van der Waals surface area contributed by atoms with Crippen molar-refractivity contribution >= 4 is 29.8 Å². The summed E-state index contributed by atoms with van der Waals surface area (Å²) in [5.41, 5.74) is 0. The zero-order valence-electron chi connectivity index (χ0n) is 33.2. The minimum absolute atomic E-state index is 0. The van der Waals surface area contributed by atoms with E-state index < -0.39 is 185 Å². The summed E-state index contributed by atoms with van der Waals surface area (Å²) < 4.78 is 0.